The number of fused-ring (bicyclic) bond motifs is 1. The standard InChI is InChI=1S/C16H24N2O/c1-18(2)16(15-11-17-8-9-19-15)14-7-6-12-4-3-5-13(12)10-14/h6-7,10,15-17H,3-5,8-9,11H2,1-2H3. The molecule has 1 saturated heterocycles. The van der Waals surface area contributed by atoms with Gasteiger partial charge in [-0.1, -0.05) is 18.2 Å². The van der Waals surface area contributed by atoms with Crippen LogP contribution in [0.2, 0.25) is 0 Å². The second kappa shape index (κ2) is 5.61. The van der Waals surface area contributed by atoms with Crippen LogP contribution in [0.3, 0.4) is 0 Å². The minimum Gasteiger partial charge on any atom is -0.374 e. The predicted octanol–water partition coefficient (Wildman–Crippen LogP) is 1.77. The minimum absolute atomic E-state index is 0.253. The van der Waals surface area contributed by atoms with E-state index in [1.165, 1.54) is 24.8 Å². The van der Waals surface area contributed by atoms with Gasteiger partial charge in [0, 0.05) is 13.1 Å². The lowest BCUT2D eigenvalue weighted by Gasteiger charge is -2.35. The predicted molar refractivity (Wildman–Crippen MR) is 77.5 cm³/mol. The van der Waals surface area contributed by atoms with Gasteiger partial charge in [-0.15, -0.1) is 0 Å². The molecule has 1 heterocycles. The molecule has 1 N–H and O–H groups in total. The summed E-state index contributed by atoms with van der Waals surface area (Å²) < 4.78 is 5.97. The van der Waals surface area contributed by atoms with Gasteiger partial charge < -0.3 is 15.0 Å². The van der Waals surface area contributed by atoms with Crippen LogP contribution in [0.5, 0.6) is 0 Å². The van der Waals surface area contributed by atoms with Gasteiger partial charge in [0.05, 0.1) is 18.8 Å². The van der Waals surface area contributed by atoms with Crippen molar-refractivity contribution in [3.63, 3.8) is 0 Å². The van der Waals surface area contributed by atoms with Crippen molar-refractivity contribution in [2.45, 2.75) is 31.4 Å². The summed E-state index contributed by atoms with van der Waals surface area (Å²) in [5, 5.41) is 3.44. The quantitative estimate of drug-likeness (QED) is 0.896. The molecule has 104 valence electrons. The number of nitrogens with one attached hydrogen (secondary N) is 1. The van der Waals surface area contributed by atoms with E-state index in [0.29, 0.717) is 6.04 Å². The molecule has 0 radical (unpaired) electrons. The van der Waals surface area contributed by atoms with Gasteiger partial charge in [0.15, 0.2) is 0 Å². The molecule has 0 spiro atoms. The maximum Gasteiger partial charge on any atom is 0.0896 e. The van der Waals surface area contributed by atoms with Crippen LogP contribution in [-0.2, 0) is 17.6 Å². The van der Waals surface area contributed by atoms with Crippen LogP contribution in [0, 0.1) is 0 Å². The summed E-state index contributed by atoms with van der Waals surface area (Å²) in [5.74, 6) is 0. The van der Waals surface area contributed by atoms with Crippen LogP contribution in [-0.4, -0.2) is 44.8 Å². The topological polar surface area (TPSA) is 24.5 Å². The lowest BCUT2D eigenvalue weighted by molar-refractivity contribution is -0.0211. The molecule has 1 fully saturated rings. The molecule has 1 aliphatic carbocycles. The van der Waals surface area contributed by atoms with E-state index in [-0.39, 0.29) is 6.10 Å². The van der Waals surface area contributed by atoms with Gasteiger partial charge in [-0.3, -0.25) is 0 Å². The molecule has 0 saturated carbocycles. The third kappa shape index (κ3) is 2.69. The average Bonchev–Trinajstić information content (AvgIpc) is 2.87. The average molecular weight is 260 g/mol. The number of nitrogens with zero attached hydrogens (tertiary/aromatic N) is 1. The van der Waals surface area contributed by atoms with E-state index in [9.17, 15) is 0 Å². The Morgan fingerprint density at radius 3 is 2.84 bits per heavy atom. The fourth-order valence-electron chi connectivity index (χ4n) is 3.41. The van der Waals surface area contributed by atoms with Crippen molar-refractivity contribution in [2.75, 3.05) is 33.8 Å². The highest BCUT2D eigenvalue weighted by molar-refractivity contribution is 5.37. The van der Waals surface area contributed by atoms with Crippen molar-refractivity contribution in [3.8, 4) is 0 Å². The summed E-state index contributed by atoms with van der Waals surface area (Å²) in [6.07, 6.45) is 4.06. The van der Waals surface area contributed by atoms with Crippen LogP contribution < -0.4 is 5.32 Å². The SMILES string of the molecule is CN(C)C(c1ccc2c(c1)CCC2)C1CNCCO1. The summed E-state index contributed by atoms with van der Waals surface area (Å²) in [6, 6.07) is 7.38. The number of benzene rings is 1. The highest BCUT2D eigenvalue weighted by atomic mass is 16.5. The first-order valence-electron chi connectivity index (χ1n) is 7.36. The lowest BCUT2D eigenvalue weighted by Crippen LogP contribution is -2.45. The molecule has 0 bridgehead atoms. The smallest absolute Gasteiger partial charge is 0.0896 e. The normalized spacial score (nSPS) is 24.5. The Balaban J connectivity index is 1.87. The fourth-order valence-corrected chi connectivity index (χ4v) is 3.41. The Hall–Kier alpha value is -0.900. The number of morpholine rings is 1. The van der Waals surface area contributed by atoms with E-state index < -0.39 is 0 Å². The van der Waals surface area contributed by atoms with Gasteiger partial charge in [0.1, 0.15) is 0 Å². The van der Waals surface area contributed by atoms with Crippen LogP contribution in [0.4, 0.5) is 0 Å². The zero-order valence-corrected chi connectivity index (χ0v) is 12.0. The van der Waals surface area contributed by atoms with Crippen molar-refractivity contribution in [3.05, 3.63) is 34.9 Å². The maximum atomic E-state index is 5.97. The Bertz CT molecular complexity index is 438. The van der Waals surface area contributed by atoms with E-state index in [1.54, 1.807) is 11.1 Å². The van der Waals surface area contributed by atoms with Crippen molar-refractivity contribution in [1.82, 2.24) is 10.2 Å². The Kier molecular flexibility index (Phi) is 3.87. The summed E-state index contributed by atoms with van der Waals surface area (Å²) in [7, 11) is 4.30. The molecule has 3 heteroatoms. The molecule has 2 unspecified atom stereocenters. The van der Waals surface area contributed by atoms with Gasteiger partial charge in [0.2, 0.25) is 0 Å². The third-order valence-corrected chi connectivity index (χ3v) is 4.33. The number of hydrogen-bond acceptors (Lipinski definition) is 3. The summed E-state index contributed by atoms with van der Waals surface area (Å²) in [5.41, 5.74) is 4.50. The van der Waals surface area contributed by atoms with Crippen molar-refractivity contribution in [1.29, 1.82) is 0 Å². The second-order valence-corrected chi connectivity index (χ2v) is 5.90. The van der Waals surface area contributed by atoms with Gasteiger partial charge in [0.25, 0.3) is 0 Å². The number of aryl methyl sites for hydroxylation is 2. The molecule has 1 aromatic carbocycles. The fraction of sp³-hybridized carbons (Fsp3) is 0.625. The first kappa shape index (κ1) is 13.1. The van der Waals surface area contributed by atoms with Crippen LogP contribution in [0.1, 0.15) is 29.2 Å². The van der Waals surface area contributed by atoms with Gasteiger partial charge >= 0.3 is 0 Å². The van der Waals surface area contributed by atoms with E-state index in [0.717, 1.165) is 19.7 Å². The number of ether oxygens (including phenoxy) is 1. The van der Waals surface area contributed by atoms with E-state index in [4.69, 9.17) is 4.74 Å². The van der Waals surface area contributed by atoms with Crippen LogP contribution in [0.25, 0.3) is 0 Å². The summed E-state index contributed by atoms with van der Waals surface area (Å²) in [4.78, 5) is 2.29. The van der Waals surface area contributed by atoms with Crippen molar-refractivity contribution in [2.24, 2.45) is 0 Å². The number of likely N-dealkylation sites (N-methyl/N-ethyl adjacent to an activating group) is 1. The zero-order valence-electron chi connectivity index (χ0n) is 12.0. The highest BCUT2D eigenvalue weighted by Crippen LogP contribution is 2.30. The molecule has 2 atom stereocenters. The summed E-state index contributed by atoms with van der Waals surface area (Å²) in [6.45, 7) is 2.74. The molecule has 1 aliphatic heterocycles. The second-order valence-electron chi connectivity index (χ2n) is 5.90. The monoisotopic (exact) mass is 260 g/mol. The molecular weight excluding hydrogens is 236 g/mol. The van der Waals surface area contributed by atoms with E-state index in [1.807, 2.05) is 0 Å². The van der Waals surface area contributed by atoms with Crippen molar-refractivity contribution < 1.29 is 4.74 Å². The Morgan fingerprint density at radius 1 is 1.26 bits per heavy atom. The Labute approximate surface area is 115 Å². The molecule has 0 amide bonds. The van der Waals surface area contributed by atoms with Crippen LogP contribution in [0.15, 0.2) is 18.2 Å². The van der Waals surface area contributed by atoms with E-state index in [2.05, 4.69) is 42.5 Å². The maximum absolute atomic E-state index is 5.97. The van der Waals surface area contributed by atoms with Gasteiger partial charge in [-0.25, -0.2) is 0 Å². The van der Waals surface area contributed by atoms with E-state index >= 15 is 0 Å². The van der Waals surface area contributed by atoms with Crippen molar-refractivity contribution >= 4 is 0 Å². The van der Waals surface area contributed by atoms with Gasteiger partial charge in [-0.2, -0.15) is 0 Å². The minimum atomic E-state index is 0.253. The highest BCUT2D eigenvalue weighted by Gasteiger charge is 2.28. The van der Waals surface area contributed by atoms with Crippen LogP contribution >= 0.6 is 0 Å². The third-order valence-electron chi connectivity index (χ3n) is 4.33. The molecule has 3 nitrogen and oxygen atoms in total. The molecular formula is C16H24N2O. The Morgan fingerprint density at radius 2 is 2.11 bits per heavy atom. The first-order valence-corrected chi connectivity index (χ1v) is 7.36. The number of hydrogen-bond donors (Lipinski definition) is 1. The first-order chi connectivity index (χ1) is 9.25. The zero-order chi connectivity index (χ0) is 13.2. The molecule has 3 rings (SSSR count). The summed E-state index contributed by atoms with van der Waals surface area (Å²) >= 11 is 0. The van der Waals surface area contributed by atoms with Gasteiger partial charge in [-0.05, 0) is 50.0 Å². The molecule has 2 aliphatic rings. The molecule has 0 aromatic heterocycles. The molecule has 1 aromatic rings. The largest absolute Gasteiger partial charge is 0.374 e. The number of rotatable bonds is 3. The molecule has 19 heavy (non-hydrogen) atoms. The lowest BCUT2D eigenvalue weighted by atomic mass is 9.96.